The molecule has 1 saturated carbocycles. The Kier molecular flexibility index (Phi) is 1.65. The molecule has 1 fully saturated rings. The molecule has 12 heavy (non-hydrogen) atoms. The van der Waals surface area contributed by atoms with Gasteiger partial charge in [0.1, 0.15) is 0 Å². The van der Waals surface area contributed by atoms with E-state index in [9.17, 15) is 0 Å². The van der Waals surface area contributed by atoms with Gasteiger partial charge in [-0.2, -0.15) is 0 Å². The molecule has 0 aromatic carbocycles. The number of nitrogens with one attached hydrogen (secondary N) is 1. The molecule has 0 amide bonds. The Morgan fingerprint density at radius 1 is 1.50 bits per heavy atom. The van der Waals surface area contributed by atoms with Crippen LogP contribution in [0.15, 0.2) is 47.3 Å². The van der Waals surface area contributed by atoms with Gasteiger partial charge in [-0.05, 0) is 37.0 Å². The first-order valence-electron chi connectivity index (χ1n) is 4.29. The molecule has 0 aromatic heterocycles. The molecule has 1 nitrogen and oxygen atoms in total. The SMILES string of the molecule is C=C1C/C(=C\C2=CN2)C/C1=C\C. The topological polar surface area (TPSA) is 21.9 Å². The lowest BCUT2D eigenvalue weighted by molar-refractivity contribution is 1.18. The van der Waals surface area contributed by atoms with E-state index >= 15 is 0 Å². The molecule has 1 heteroatoms. The van der Waals surface area contributed by atoms with E-state index in [2.05, 4.69) is 31.0 Å². The lowest BCUT2D eigenvalue weighted by Gasteiger charge is -1.91. The molecule has 0 radical (unpaired) electrons. The molecule has 0 saturated heterocycles. The molecule has 62 valence electrons. The second kappa shape index (κ2) is 2.67. The van der Waals surface area contributed by atoms with Gasteiger partial charge < -0.3 is 5.32 Å². The smallest absolute Gasteiger partial charge is 0.0543 e. The van der Waals surface area contributed by atoms with Crippen molar-refractivity contribution in [1.29, 1.82) is 0 Å². The fraction of sp³-hybridized carbons (Fsp3) is 0.273. The Hall–Kier alpha value is -1.24. The molecular weight excluding hydrogens is 146 g/mol. The van der Waals surface area contributed by atoms with Gasteiger partial charge in [0.2, 0.25) is 0 Å². The van der Waals surface area contributed by atoms with Crippen LogP contribution in [-0.4, -0.2) is 0 Å². The summed E-state index contributed by atoms with van der Waals surface area (Å²) in [7, 11) is 0. The molecule has 0 bridgehead atoms. The summed E-state index contributed by atoms with van der Waals surface area (Å²) >= 11 is 0. The Labute approximate surface area is 73.2 Å². The molecule has 0 atom stereocenters. The Morgan fingerprint density at radius 2 is 2.25 bits per heavy atom. The van der Waals surface area contributed by atoms with E-state index in [1.54, 1.807) is 0 Å². The largest absolute Gasteiger partial charge is 0.359 e. The van der Waals surface area contributed by atoms with Crippen LogP contribution in [0.4, 0.5) is 0 Å². The third-order valence-corrected chi connectivity index (χ3v) is 2.33. The third-order valence-electron chi connectivity index (χ3n) is 2.33. The van der Waals surface area contributed by atoms with Crippen LogP contribution in [0, 0.1) is 0 Å². The summed E-state index contributed by atoms with van der Waals surface area (Å²) < 4.78 is 0. The third kappa shape index (κ3) is 1.35. The quantitative estimate of drug-likeness (QED) is 0.624. The van der Waals surface area contributed by atoms with Crippen LogP contribution in [0.5, 0.6) is 0 Å². The molecule has 2 rings (SSSR count). The van der Waals surface area contributed by atoms with Crippen molar-refractivity contribution in [2.24, 2.45) is 0 Å². The van der Waals surface area contributed by atoms with E-state index in [4.69, 9.17) is 0 Å². The van der Waals surface area contributed by atoms with Crippen LogP contribution in [0.2, 0.25) is 0 Å². The zero-order valence-corrected chi connectivity index (χ0v) is 7.35. The van der Waals surface area contributed by atoms with Crippen molar-refractivity contribution in [3.05, 3.63) is 47.3 Å². The Bertz CT molecular complexity index is 316. The second-order valence-electron chi connectivity index (χ2n) is 3.32. The van der Waals surface area contributed by atoms with Crippen molar-refractivity contribution in [3.63, 3.8) is 0 Å². The van der Waals surface area contributed by atoms with Gasteiger partial charge in [0.15, 0.2) is 0 Å². The standard InChI is InChI=1S/C11H13N/c1-3-10-5-9(4-8(10)2)6-11-7-12-11/h3,6-7,12H,2,4-5H2,1H3/b9-6+,10-3+. The number of hydrogen-bond acceptors (Lipinski definition) is 1. The van der Waals surface area contributed by atoms with Crippen molar-refractivity contribution in [2.75, 3.05) is 0 Å². The van der Waals surface area contributed by atoms with Crippen LogP contribution in [-0.2, 0) is 0 Å². The van der Waals surface area contributed by atoms with Crippen LogP contribution >= 0.6 is 0 Å². The summed E-state index contributed by atoms with van der Waals surface area (Å²) in [6.07, 6.45) is 8.55. The maximum atomic E-state index is 4.04. The van der Waals surface area contributed by atoms with Gasteiger partial charge in [0.25, 0.3) is 0 Å². The summed E-state index contributed by atoms with van der Waals surface area (Å²) in [5.41, 5.74) is 5.42. The van der Waals surface area contributed by atoms with Gasteiger partial charge in [-0.1, -0.05) is 18.2 Å². The first-order valence-corrected chi connectivity index (χ1v) is 4.29. The van der Waals surface area contributed by atoms with Crippen LogP contribution in [0.25, 0.3) is 0 Å². The van der Waals surface area contributed by atoms with Crippen LogP contribution < -0.4 is 5.32 Å². The highest BCUT2D eigenvalue weighted by Crippen LogP contribution is 2.34. The van der Waals surface area contributed by atoms with Crippen molar-refractivity contribution in [2.45, 2.75) is 19.8 Å². The van der Waals surface area contributed by atoms with Gasteiger partial charge in [0.05, 0.1) is 5.70 Å². The maximum Gasteiger partial charge on any atom is 0.0543 e. The van der Waals surface area contributed by atoms with E-state index in [0.29, 0.717) is 0 Å². The molecule has 1 heterocycles. The average molecular weight is 159 g/mol. The lowest BCUT2D eigenvalue weighted by Crippen LogP contribution is -1.76. The van der Waals surface area contributed by atoms with E-state index < -0.39 is 0 Å². The van der Waals surface area contributed by atoms with E-state index in [1.807, 2.05) is 6.20 Å². The molecule has 1 aliphatic carbocycles. The highest BCUT2D eigenvalue weighted by Gasteiger charge is 2.16. The average Bonchev–Trinajstić information content (AvgIpc) is 2.76. The Morgan fingerprint density at radius 3 is 2.75 bits per heavy atom. The van der Waals surface area contributed by atoms with Crippen molar-refractivity contribution in [1.82, 2.24) is 5.32 Å². The predicted molar refractivity (Wildman–Crippen MR) is 51.4 cm³/mol. The van der Waals surface area contributed by atoms with Gasteiger partial charge in [-0.3, -0.25) is 0 Å². The first kappa shape index (κ1) is 7.41. The Balaban J connectivity index is 2.14. The van der Waals surface area contributed by atoms with Crippen molar-refractivity contribution < 1.29 is 0 Å². The maximum absolute atomic E-state index is 4.04. The highest BCUT2D eigenvalue weighted by atomic mass is 15.0. The summed E-state index contributed by atoms with van der Waals surface area (Å²) in [6, 6.07) is 0. The molecule has 1 N–H and O–H groups in total. The minimum Gasteiger partial charge on any atom is -0.359 e. The summed E-state index contributed by atoms with van der Waals surface area (Å²) in [4.78, 5) is 0. The molecule has 0 spiro atoms. The van der Waals surface area contributed by atoms with E-state index in [1.165, 1.54) is 22.4 Å². The molecule has 0 unspecified atom stereocenters. The predicted octanol–water partition coefficient (Wildman–Crippen LogP) is 2.65. The number of rotatable bonds is 1. The van der Waals surface area contributed by atoms with Crippen molar-refractivity contribution in [3.8, 4) is 0 Å². The highest BCUT2D eigenvalue weighted by molar-refractivity contribution is 5.46. The minimum absolute atomic E-state index is 1.05. The number of allylic oxidation sites excluding steroid dienone is 5. The van der Waals surface area contributed by atoms with Crippen LogP contribution in [0.3, 0.4) is 0 Å². The fourth-order valence-electron chi connectivity index (χ4n) is 1.57. The molecule has 0 aromatic rings. The van der Waals surface area contributed by atoms with E-state index in [0.717, 1.165) is 12.8 Å². The monoisotopic (exact) mass is 159 g/mol. The first-order chi connectivity index (χ1) is 5.79. The fourth-order valence-corrected chi connectivity index (χ4v) is 1.57. The summed E-state index contributed by atoms with van der Waals surface area (Å²) in [5, 5.41) is 3.08. The normalized spacial score (nSPS) is 27.8. The van der Waals surface area contributed by atoms with Gasteiger partial charge in [-0.25, -0.2) is 0 Å². The molecule has 1 aliphatic heterocycles. The number of hydrogen-bond donors (Lipinski definition) is 1. The molecular formula is C11H13N. The second-order valence-corrected chi connectivity index (χ2v) is 3.32. The van der Waals surface area contributed by atoms with Gasteiger partial charge in [-0.15, -0.1) is 0 Å². The zero-order valence-electron chi connectivity index (χ0n) is 7.35. The molecule has 2 aliphatic rings. The summed E-state index contributed by atoms with van der Waals surface area (Å²) in [6.45, 7) is 6.12. The van der Waals surface area contributed by atoms with Gasteiger partial charge in [0, 0.05) is 6.20 Å². The summed E-state index contributed by atoms with van der Waals surface area (Å²) in [5.74, 6) is 0. The zero-order chi connectivity index (χ0) is 8.55. The van der Waals surface area contributed by atoms with Crippen LogP contribution in [0.1, 0.15) is 19.8 Å². The van der Waals surface area contributed by atoms with Crippen molar-refractivity contribution >= 4 is 0 Å². The van der Waals surface area contributed by atoms with E-state index in [-0.39, 0.29) is 0 Å². The van der Waals surface area contributed by atoms with Gasteiger partial charge >= 0.3 is 0 Å². The lowest BCUT2D eigenvalue weighted by atomic mass is 10.1. The minimum atomic E-state index is 1.05.